The van der Waals surface area contributed by atoms with Crippen molar-refractivity contribution in [2.45, 2.75) is 30.4 Å². The smallest absolute Gasteiger partial charge is 0.148 e. The Morgan fingerprint density at radius 2 is 2.05 bits per heavy atom. The van der Waals surface area contributed by atoms with Crippen molar-refractivity contribution in [2.24, 2.45) is 5.73 Å². The van der Waals surface area contributed by atoms with Crippen LogP contribution in [-0.2, 0) is 0 Å². The maximum absolute atomic E-state index is 6.26. The molecule has 0 saturated heterocycles. The van der Waals surface area contributed by atoms with E-state index in [1.165, 1.54) is 0 Å². The monoisotopic (exact) mass is 371 g/mol. The summed E-state index contributed by atoms with van der Waals surface area (Å²) < 4.78 is 7.33. The largest absolute Gasteiger partial charge is 0.482 e. The second-order valence-corrected chi connectivity index (χ2v) is 7.75. The van der Waals surface area contributed by atoms with E-state index in [9.17, 15) is 0 Å². The Labute approximate surface area is 136 Å². The molecule has 0 aliphatic heterocycles. The number of thiophene rings is 1. The highest BCUT2D eigenvalue weighted by Gasteiger charge is 2.23. The molecular formula is C15H18BrNOS2. The van der Waals surface area contributed by atoms with Crippen LogP contribution >= 0.6 is 39.0 Å². The second kappa shape index (κ2) is 7.50. The number of benzene rings is 1. The number of hydrogen-bond acceptors (Lipinski definition) is 4. The molecule has 0 saturated carbocycles. The van der Waals surface area contributed by atoms with Crippen LogP contribution < -0.4 is 10.5 Å². The minimum atomic E-state index is -0.107. The molecule has 0 bridgehead atoms. The molecule has 108 valence electrons. The Balaban J connectivity index is 2.28. The van der Waals surface area contributed by atoms with E-state index in [2.05, 4.69) is 41.2 Å². The third-order valence-electron chi connectivity index (χ3n) is 3.06. The Morgan fingerprint density at radius 1 is 1.30 bits per heavy atom. The molecule has 2 rings (SSSR count). The standard InChI is InChI=1S/C15H18BrNOS2/c1-3-10(17)15(13-8-9-14(16)20-13)18-11-6-4-5-7-12(11)19-2/h4-10,15H,3,17H2,1-2H3. The van der Waals surface area contributed by atoms with E-state index in [1.807, 2.05) is 24.3 Å². The summed E-state index contributed by atoms with van der Waals surface area (Å²) >= 11 is 6.87. The number of nitrogens with two attached hydrogens (primary N) is 1. The van der Waals surface area contributed by atoms with Gasteiger partial charge in [0.25, 0.3) is 0 Å². The predicted molar refractivity (Wildman–Crippen MR) is 91.9 cm³/mol. The lowest BCUT2D eigenvalue weighted by Crippen LogP contribution is -2.31. The van der Waals surface area contributed by atoms with Gasteiger partial charge < -0.3 is 10.5 Å². The highest BCUT2D eigenvalue weighted by atomic mass is 79.9. The van der Waals surface area contributed by atoms with Crippen molar-refractivity contribution in [3.8, 4) is 5.75 Å². The van der Waals surface area contributed by atoms with E-state index in [0.717, 1.165) is 25.7 Å². The van der Waals surface area contributed by atoms with E-state index in [4.69, 9.17) is 10.5 Å². The molecule has 0 amide bonds. The second-order valence-electron chi connectivity index (χ2n) is 4.40. The zero-order valence-electron chi connectivity index (χ0n) is 11.5. The number of rotatable bonds is 6. The van der Waals surface area contributed by atoms with Crippen molar-refractivity contribution in [1.29, 1.82) is 0 Å². The predicted octanol–water partition coefficient (Wildman–Crippen LogP) is 5.09. The van der Waals surface area contributed by atoms with Gasteiger partial charge in [-0.2, -0.15) is 0 Å². The topological polar surface area (TPSA) is 35.2 Å². The highest BCUT2D eigenvalue weighted by Crippen LogP contribution is 2.36. The third kappa shape index (κ3) is 3.79. The maximum atomic E-state index is 6.26. The Morgan fingerprint density at radius 3 is 2.65 bits per heavy atom. The van der Waals surface area contributed by atoms with Gasteiger partial charge >= 0.3 is 0 Å². The Kier molecular flexibility index (Phi) is 5.96. The minimum absolute atomic E-state index is 0.0181. The average Bonchev–Trinajstić information content (AvgIpc) is 2.90. The van der Waals surface area contributed by atoms with Crippen LogP contribution in [0.25, 0.3) is 0 Å². The molecule has 2 nitrogen and oxygen atoms in total. The maximum Gasteiger partial charge on any atom is 0.148 e. The lowest BCUT2D eigenvalue weighted by atomic mass is 10.1. The molecule has 2 aromatic rings. The molecule has 5 heteroatoms. The summed E-state index contributed by atoms with van der Waals surface area (Å²) in [5, 5.41) is 0. The van der Waals surface area contributed by atoms with E-state index < -0.39 is 0 Å². The summed E-state index contributed by atoms with van der Waals surface area (Å²) in [5.41, 5.74) is 6.26. The van der Waals surface area contributed by atoms with Crippen LogP contribution in [0.1, 0.15) is 24.3 Å². The van der Waals surface area contributed by atoms with Crippen molar-refractivity contribution in [2.75, 3.05) is 6.26 Å². The SMILES string of the molecule is CCC(N)C(Oc1ccccc1SC)c1ccc(Br)s1. The Bertz CT molecular complexity index is 558. The molecular weight excluding hydrogens is 354 g/mol. The fourth-order valence-electron chi connectivity index (χ4n) is 1.90. The van der Waals surface area contributed by atoms with Gasteiger partial charge in [-0.15, -0.1) is 23.1 Å². The first-order chi connectivity index (χ1) is 9.65. The minimum Gasteiger partial charge on any atom is -0.482 e. The Hall–Kier alpha value is -0.490. The molecule has 2 atom stereocenters. The van der Waals surface area contributed by atoms with Crippen LogP contribution in [0.4, 0.5) is 0 Å². The molecule has 0 aliphatic carbocycles. The number of hydrogen-bond donors (Lipinski definition) is 1. The first kappa shape index (κ1) is 15.9. The van der Waals surface area contributed by atoms with Gasteiger partial charge in [0.05, 0.1) is 3.79 Å². The zero-order valence-corrected chi connectivity index (χ0v) is 14.7. The van der Waals surface area contributed by atoms with Crippen LogP contribution in [0.5, 0.6) is 5.75 Å². The molecule has 20 heavy (non-hydrogen) atoms. The van der Waals surface area contributed by atoms with Crippen LogP contribution in [-0.4, -0.2) is 12.3 Å². The van der Waals surface area contributed by atoms with Gasteiger partial charge in [-0.25, -0.2) is 0 Å². The number of para-hydroxylation sites is 1. The summed E-state index contributed by atoms with van der Waals surface area (Å²) in [6.07, 6.45) is 2.82. The van der Waals surface area contributed by atoms with E-state index in [-0.39, 0.29) is 12.1 Å². The number of thioether (sulfide) groups is 1. The number of ether oxygens (including phenoxy) is 1. The summed E-state index contributed by atoms with van der Waals surface area (Å²) in [7, 11) is 0. The molecule has 0 fully saturated rings. The van der Waals surface area contributed by atoms with Crippen molar-refractivity contribution in [3.63, 3.8) is 0 Å². The van der Waals surface area contributed by atoms with E-state index >= 15 is 0 Å². The quantitative estimate of drug-likeness (QED) is 0.718. The molecule has 1 heterocycles. The highest BCUT2D eigenvalue weighted by molar-refractivity contribution is 9.11. The first-order valence-corrected chi connectivity index (χ1v) is 9.29. The lowest BCUT2D eigenvalue weighted by Gasteiger charge is -2.24. The van der Waals surface area contributed by atoms with Crippen molar-refractivity contribution in [3.05, 3.63) is 45.1 Å². The number of halogens is 1. The first-order valence-electron chi connectivity index (χ1n) is 6.46. The molecule has 1 aromatic heterocycles. The van der Waals surface area contributed by atoms with Gasteiger partial charge in [-0.1, -0.05) is 19.1 Å². The van der Waals surface area contributed by atoms with E-state index in [0.29, 0.717) is 0 Å². The fraction of sp³-hybridized carbons (Fsp3) is 0.333. The molecule has 2 unspecified atom stereocenters. The van der Waals surface area contributed by atoms with Crippen molar-refractivity contribution >= 4 is 39.0 Å². The van der Waals surface area contributed by atoms with E-state index in [1.54, 1.807) is 23.1 Å². The van der Waals surface area contributed by atoms with Gasteiger partial charge in [-0.3, -0.25) is 0 Å². The molecule has 0 spiro atoms. The molecule has 2 N–H and O–H groups in total. The summed E-state index contributed by atoms with van der Waals surface area (Å²) in [6.45, 7) is 2.09. The van der Waals surface area contributed by atoms with Gasteiger partial charge in [0.2, 0.25) is 0 Å². The van der Waals surface area contributed by atoms with Gasteiger partial charge in [0.1, 0.15) is 11.9 Å². The van der Waals surface area contributed by atoms with Gasteiger partial charge in [0, 0.05) is 15.8 Å². The molecule has 0 aliphatic rings. The molecule has 0 radical (unpaired) electrons. The summed E-state index contributed by atoms with van der Waals surface area (Å²) in [4.78, 5) is 2.29. The lowest BCUT2D eigenvalue weighted by molar-refractivity contribution is 0.170. The van der Waals surface area contributed by atoms with Crippen molar-refractivity contribution in [1.82, 2.24) is 0 Å². The van der Waals surface area contributed by atoms with Crippen LogP contribution in [0.2, 0.25) is 0 Å². The van der Waals surface area contributed by atoms with Crippen LogP contribution in [0, 0.1) is 0 Å². The molecule has 1 aromatic carbocycles. The summed E-state index contributed by atoms with van der Waals surface area (Å²) in [6, 6.07) is 12.2. The van der Waals surface area contributed by atoms with Crippen LogP contribution in [0.3, 0.4) is 0 Å². The zero-order chi connectivity index (χ0) is 14.5. The summed E-state index contributed by atoms with van der Waals surface area (Å²) in [5.74, 6) is 0.901. The fourth-order valence-corrected chi connectivity index (χ4v) is 3.97. The van der Waals surface area contributed by atoms with Crippen LogP contribution in [0.15, 0.2) is 45.1 Å². The van der Waals surface area contributed by atoms with Crippen molar-refractivity contribution < 1.29 is 4.74 Å². The van der Waals surface area contributed by atoms with Gasteiger partial charge in [0.15, 0.2) is 0 Å². The van der Waals surface area contributed by atoms with Gasteiger partial charge in [-0.05, 0) is 52.9 Å². The average molecular weight is 372 g/mol. The normalized spacial score (nSPS) is 14.0. The third-order valence-corrected chi connectivity index (χ3v) is 5.52.